The third-order valence-corrected chi connectivity index (χ3v) is 1.65. The maximum atomic E-state index is 12.1. The van der Waals surface area contributed by atoms with Crippen LogP contribution in [0.1, 0.15) is 15.9 Å². The molecule has 0 saturated carbocycles. The number of aromatic hydroxyl groups is 1. The van der Waals surface area contributed by atoms with Crippen molar-refractivity contribution in [2.75, 3.05) is 0 Å². The Morgan fingerprint density at radius 3 is 2.40 bits per heavy atom. The van der Waals surface area contributed by atoms with Crippen molar-refractivity contribution in [1.29, 1.82) is 0 Å². The Morgan fingerprint density at radius 1 is 1.40 bits per heavy atom. The first-order valence-electron chi connectivity index (χ1n) is 3.67. The molecule has 1 rings (SSSR count). The zero-order valence-corrected chi connectivity index (χ0v) is 7.21. The van der Waals surface area contributed by atoms with E-state index in [9.17, 15) is 18.0 Å². The fraction of sp³-hybridized carbons (Fsp3) is 0.125. The summed E-state index contributed by atoms with van der Waals surface area (Å²) in [7, 11) is 0. The number of phenols is 1. The van der Waals surface area contributed by atoms with Crippen LogP contribution in [0.3, 0.4) is 0 Å². The summed E-state index contributed by atoms with van der Waals surface area (Å²) in [4.78, 5) is 14.6. The van der Waals surface area contributed by atoms with Crippen LogP contribution in [-0.4, -0.2) is 11.1 Å². The second kappa shape index (κ2) is 3.77. The van der Waals surface area contributed by atoms with E-state index in [0.29, 0.717) is 12.1 Å². The number of hydrogen-bond donors (Lipinski definition) is 2. The van der Waals surface area contributed by atoms with Crippen molar-refractivity contribution in [2.45, 2.75) is 6.18 Å². The predicted octanol–water partition coefficient (Wildman–Crippen LogP) is 1.44. The van der Waals surface area contributed by atoms with Gasteiger partial charge in [0.25, 0.3) is 0 Å². The predicted molar refractivity (Wildman–Crippen MR) is 42.7 cm³/mol. The van der Waals surface area contributed by atoms with E-state index in [0.717, 1.165) is 6.07 Å². The number of nitrogens with two attached hydrogens (primary N) is 1. The molecule has 0 aliphatic rings. The number of benzene rings is 1. The Bertz CT molecular complexity index is 389. The van der Waals surface area contributed by atoms with E-state index in [1.807, 2.05) is 0 Å². The van der Waals surface area contributed by atoms with E-state index in [-0.39, 0.29) is 0 Å². The molecule has 0 aliphatic carbocycles. The number of halogens is 3. The Balaban J connectivity index is 3.15. The second-order valence-corrected chi connectivity index (χ2v) is 2.63. The van der Waals surface area contributed by atoms with Gasteiger partial charge in [-0.1, -0.05) is 0 Å². The summed E-state index contributed by atoms with van der Waals surface area (Å²) >= 11 is 0. The average molecular weight is 221 g/mol. The smallest absolute Gasteiger partial charge is 0.416 e. The minimum Gasteiger partial charge on any atom is -0.507 e. The fourth-order valence-corrected chi connectivity index (χ4v) is 0.944. The molecule has 0 fully saturated rings. The van der Waals surface area contributed by atoms with Gasteiger partial charge in [-0.05, 0) is 18.2 Å². The van der Waals surface area contributed by atoms with Gasteiger partial charge in [-0.15, -0.1) is 0 Å². The molecule has 0 saturated heterocycles. The normalized spacial score (nSPS) is 11.2. The first-order chi connectivity index (χ1) is 6.86. The molecule has 1 aromatic carbocycles. The van der Waals surface area contributed by atoms with Crippen molar-refractivity contribution in [2.24, 2.45) is 5.90 Å². The number of alkyl halides is 3. The number of hydrogen-bond acceptors (Lipinski definition) is 4. The highest BCUT2D eigenvalue weighted by Crippen LogP contribution is 2.32. The molecule has 3 N–H and O–H groups in total. The van der Waals surface area contributed by atoms with Gasteiger partial charge in [0.2, 0.25) is 0 Å². The molecular formula is C8H6F3NO3. The van der Waals surface area contributed by atoms with Crippen molar-refractivity contribution in [3.8, 4) is 5.75 Å². The van der Waals surface area contributed by atoms with E-state index in [4.69, 9.17) is 5.11 Å². The summed E-state index contributed by atoms with van der Waals surface area (Å²) in [5.41, 5.74) is -1.49. The van der Waals surface area contributed by atoms with E-state index < -0.39 is 29.0 Å². The van der Waals surface area contributed by atoms with Crippen LogP contribution in [0.25, 0.3) is 0 Å². The largest absolute Gasteiger partial charge is 0.507 e. The molecule has 1 aromatic rings. The number of phenolic OH excluding ortho intramolecular Hbond substituents is 1. The van der Waals surface area contributed by atoms with Crippen LogP contribution in [0, 0.1) is 0 Å². The topological polar surface area (TPSA) is 72.5 Å². The fourth-order valence-electron chi connectivity index (χ4n) is 0.944. The second-order valence-electron chi connectivity index (χ2n) is 2.63. The summed E-state index contributed by atoms with van der Waals surface area (Å²) in [5.74, 6) is 2.57. The lowest BCUT2D eigenvalue weighted by Gasteiger charge is -2.08. The van der Waals surface area contributed by atoms with Gasteiger partial charge in [-0.25, -0.2) is 4.79 Å². The standard InChI is InChI=1S/C8H6F3NO3/c9-8(10,11)4-1-2-5(6(13)3-4)7(14)15-12/h1-3,13H,12H2. The highest BCUT2D eigenvalue weighted by molar-refractivity contribution is 5.92. The molecule has 0 unspecified atom stereocenters. The molecular weight excluding hydrogens is 215 g/mol. The van der Waals surface area contributed by atoms with Crippen molar-refractivity contribution in [1.82, 2.24) is 0 Å². The first kappa shape index (κ1) is 11.3. The van der Waals surface area contributed by atoms with Crippen LogP contribution in [0.5, 0.6) is 5.75 Å². The lowest BCUT2D eigenvalue weighted by molar-refractivity contribution is -0.137. The Labute approximate surface area is 82.0 Å². The Hall–Kier alpha value is -1.76. The van der Waals surface area contributed by atoms with Gasteiger partial charge in [0.05, 0.1) is 5.56 Å². The lowest BCUT2D eigenvalue weighted by Crippen LogP contribution is -2.11. The van der Waals surface area contributed by atoms with E-state index in [1.54, 1.807) is 0 Å². The summed E-state index contributed by atoms with van der Waals surface area (Å²) in [5, 5.41) is 9.10. The Kier molecular flexibility index (Phi) is 2.85. The monoisotopic (exact) mass is 221 g/mol. The summed E-state index contributed by atoms with van der Waals surface area (Å²) in [6.07, 6.45) is -4.58. The average Bonchev–Trinajstić information content (AvgIpc) is 2.15. The highest BCUT2D eigenvalue weighted by Gasteiger charge is 2.31. The molecule has 0 spiro atoms. The summed E-state index contributed by atoms with van der Waals surface area (Å²) in [6.45, 7) is 0. The third kappa shape index (κ3) is 2.38. The maximum absolute atomic E-state index is 12.1. The van der Waals surface area contributed by atoms with Gasteiger partial charge in [-0.2, -0.15) is 19.1 Å². The molecule has 7 heteroatoms. The van der Waals surface area contributed by atoms with Crippen LogP contribution < -0.4 is 5.90 Å². The highest BCUT2D eigenvalue weighted by atomic mass is 19.4. The SMILES string of the molecule is NOC(=O)c1ccc(C(F)(F)F)cc1O. The zero-order chi connectivity index (χ0) is 11.6. The van der Waals surface area contributed by atoms with Crippen LogP contribution in [0.2, 0.25) is 0 Å². The zero-order valence-electron chi connectivity index (χ0n) is 7.21. The maximum Gasteiger partial charge on any atom is 0.416 e. The molecule has 0 aliphatic heterocycles. The lowest BCUT2D eigenvalue weighted by atomic mass is 10.1. The number of rotatable bonds is 1. The van der Waals surface area contributed by atoms with E-state index in [1.165, 1.54) is 0 Å². The van der Waals surface area contributed by atoms with Crippen LogP contribution >= 0.6 is 0 Å². The van der Waals surface area contributed by atoms with Crippen LogP contribution in [-0.2, 0) is 11.0 Å². The molecule has 82 valence electrons. The number of carbonyl (C=O) groups is 1. The van der Waals surface area contributed by atoms with Crippen molar-refractivity contribution < 1.29 is 27.9 Å². The molecule has 4 nitrogen and oxygen atoms in total. The van der Waals surface area contributed by atoms with Gasteiger partial charge in [-0.3, -0.25) is 0 Å². The Morgan fingerprint density at radius 2 is 2.00 bits per heavy atom. The van der Waals surface area contributed by atoms with Crippen molar-refractivity contribution in [3.63, 3.8) is 0 Å². The van der Waals surface area contributed by atoms with Gasteiger partial charge in [0.1, 0.15) is 11.3 Å². The summed E-state index contributed by atoms with van der Waals surface area (Å²) in [6, 6.07) is 1.85. The quantitative estimate of drug-likeness (QED) is 0.704. The van der Waals surface area contributed by atoms with Gasteiger partial charge in [0.15, 0.2) is 0 Å². The molecule has 15 heavy (non-hydrogen) atoms. The minimum atomic E-state index is -4.58. The van der Waals surface area contributed by atoms with E-state index in [2.05, 4.69) is 10.7 Å². The molecule has 0 bridgehead atoms. The van der Waals surface area contributed by atoms with Crippen LogP contribution in [0.15, 0.2) is 18.2 Å². The summed E-state index contributed by atoms with van der Waals surface area (Å²) < 4.78 is 36.4. The molecule has 0 atom stereocenters. The number of carbonyl (C=O) groups excluding carboxylic acids is 1. The minimum absolute atomic E-state index is 0.423. The first-order valence-corrected chi connectivity index (χ1v) is 3.67. The molecule has 0 amide bonds. The molecule has 0 aromatic heterocycles. The van der Waals surface area contributed by atoms with Crippen molar-refractivity contribution >= 4 is 5.97 Å². The van der Waals surface area contributed by atoms with Gasteiger partial charge in [0, 0.05) is 0 Å². The van der Waals surface area contributed by atoms with Crippen LogP contribution in [0.4, 0.5) is 13.2 Å². The van der Waals surface area contributed by atoms with E-state index >= 15 is 0 Å². The van der Waals surface area contributed by atoms with Gasteiger partial charge < -0.3 is 9.94 Å². The van der Waals surface area contributed by atoms with Gasteiger partial charge >= 0.3 is 12.1 Å². The third-order valence-electron chi connectivity index (χ3n) is 1.65. The molecule has 0 radical (unpaired) electrons. The van der Waals surface area contributed by atoms with Crippen molar-refractivity contribution in [3.05, 3.63) is 29.3 Å². The molecule has 0 heterocycles.